The van der Waals surface area contributed by atoms with Gasteiger partial charge in [-0.05, 0) is 31.6 Å². The average Bonchev–Trinajstić information content (AvgIpc) is 2.75. The molecule has 1 aliphatic carbocycles. The van der Waals surface area contributed by atoms with Crippen molar-refractivity contribution < 1.29 is 8.42 Å². The Balaban J connectivity index is 2.56. The van der Waals surface area contributed by atoms with Crippen LogP contribution in [0.1, 0.15) is 46.0 Å². The summed E-state index contributed by atoms with van der Waals surface area (Å²) in [6.07, 6.45) is 5.78. The van der Waals surface area contributed by atoms with Gasteiger partial charge in [-0.2, -0.15) is 0 Å². The van der Waals surface area contributed by atoms with Crippen molar-refractivity contribution >= 4 is 10.0 Å². The maximum Gasteiger partial charge on any atom is 0.215 e. The van der Waals surface area contributed by atoms with E-state index in [1.807, 2.05) is 0 Å². The zero-order valence-electron chi connectivity index (χ0n) is 10.3. The van der Waals surface area contributed by atoms with E-state index in [4.69, 9.17) is 5.73 Å². The van der Waals surface area contributed by atoms with E-state index < -0.39 is 15.3 Å². The molecule has 0 aromatic carbocycles. The van der Waals surface area contributed by atoms with Crippen LogP contribution in [0.5, 0.6) is 0 Å². The van der Waals surface area contributed by atoms with Gasteiger partial charge in [-0.3, -0.25) is 0 Å². The van der Waals surface area contributed by atoms with Gasteiger partial charge < -0.3 is 5.73 Å². The molecule has 0 aromatic heterocycles. The van der Waals surface area contributed by atoms with E-state index in [-0.39, 0.29) is 12.0 Å². The second kappa shape index (κ2) is 5.47. The molecular formula is C11H24N2O2S. The first-order chi connectivity index (χ1) is 7.46. The Morgan fingerprint density at radius 3 is 2.38 bits per heavy atom. The van der Waals surface area contributed by atoms with E-state index >= 15 is 0 Å². The SMILES string of the molecule is CCC1(CNS(=O)(=O)C(C)CN)CCCC1. The van der Waals surface area contributed by atoms with Gasteiger partial charge in [0.25, 0.3) is 0 Å². The maximum atomic E-state index is 11.8. The summed E-state index contributed by atoms with van der Waals surface area (Å²) in [5, 5.41) is -0.497. The molecule has 1 aliphatic rings. The van der Waals surface area contributed by atoms with Crippen LogP contribution < -0.4 is 10.5 Å². The Hall–Kier alpha value is -0.130. The number of sulfonamides is 1. The molecule has 0 heterocycles. The Kier molecular flexibility index (Phi) is 4.76. The van der Waals surface area contributed by atoms with E-state index in [1.54, 1.807) is 6.92 Å². The summed E-state index contributed by atoms with van der Waals surface area (Å²) in [5.74, 6) is 0. The minimum absolute atomic E-state index is 0.175. The van der Waals surface area contributed by atoms with Gasteiger partial charge in [-0.1, -0.05) is 19.8 Å². The minimum atomic E-state index is -3.22. The van der Waals surface area contributed by atoms with Gasteiger partial charge >= 0.3 is 0 Å². The van der Waals surface area contributed by atoms with Gasteiger partial charge in [0.05, 0.1) is 5.25 Å². The van der Waals surface area contributed by atoms with Crippen LogP contribution in [-0.4, -0.2) is 26.8 Å². The third-order valence-corrected chi connectivity index (χ3v) is 5.72. The van der Waals surface area contributed by atoms with Crippen LogP contribution in [0, 0.1) is 5.41 Å². The molecule has 0 radical (unpaired) electrons. The predicted molar refractivity (Wildman–Crippen MR) is 66.6 cm³/mol. The zero-order valence-corrected chi connectivity index (χ0v) is 11.1. The van der Waals surface area contributed by atoms with E-state index in [9.17, 15) is 8.42 Å². The largest absolute Gasteiger partial charge is 0.329 e. The lowest BCUT2D eigenvalue weighted by Crippen LogP contribution is -2.42. The van der Waals surface area contributed by atoms with Crippen LogP contribution >= 0.6 is 0 Å². The van der Waals surface area contributed by atoms with Crippen molar-refractivity contribution in [2.24, 2.45) is 11.1 Å². The number of nitrogens with two attached hydrogens (primary N) is 1. The summed E-state index contributed by atoms with van der Waals surface area (Å²) in [6.45, 7) is 4.55. The van der Waals surface area contributed by atoms with Crippen molar-refractivity contribution in [1.82, 2.24) is 4.72 Å². The second-order valence-corrected chi connectivity index (χ2v) is 7.16. The van der Waals surface area contributed by atoms with E-state index in [0.29, 0.717) is 6.54 Å². The summed E-state index contributed by atoms with van der Waals surface area (Å²) in [4.78, 5) is 0. The van der Waals surface area contributed by atoms with Crippen molar-refractivity contribution in [3.8, 4) is 0 Å². The van der Waals surface area contributed by atoms with Crippen molar-refractivity contribution in [2.75, 3.05) is 13.1 Å². The molecule has 3 N–H and O–H groups in total. The Bertz CT molecular complexity index is 308. The lowest BCUT2D eigenvalue weighted by molar-refractivity contribution is 0.285. The fourth-order valence-corrected chi connectivity index (χ4v) is 3.35. The summed E-state index contributed by atoms with van der Waals surface area (Å²) >= 11 is 0. The molecule has 0 amide bonds. The number of hydrogen-bond donors (Lipinski definition) is 2. The van der Waals surface area contributed by atoms with Crippen molar-refractivity contribution in [3.63, 3.8) is 0 Å². The van der Waals surface area contributed by atoms with Gasteiger partial charge in [0.2, 0.25) is 10.0 Å². The third kappa shape index (κ3) is 3.18. The topological polar surface area (TPSA) is 72.2 Å². The molecule has 4 nitrogen and oxygen atoms in total. The molecule has 0 saturated heterocycles. The van der Waals surface area contributed by atoms with E-state index in [0.717, 1.165) is 19.3 Å². The first-order valence-corrected chi connectivity index (χ1v) is 7.69. The molecule has 16 heavy (non-hydrogen) atoms. The van der Waals surface area contributed by atoms with Crippen LogP contribution in [0.4, 0.5) is 0 Å². The molecule has 1 fully saturated rings. The Labute approximate surface area is 99.0 Å². The van der Waals surface area contributed by atoms with Gasteiger partial charge in [0.1, 0.15) is 0 Å². The first kappa shape index (κ1) is 13.9. The highest BCUT2D eigenvalue weighted by atomic mass is 32.2. The van der Waals surface area contributed by atoms with Gasteiger partial charge in [0, 0.05) is 13.1 Å². The molecular weight excluding hydrogens is 224 g/mol. The van der Waals surface area contributed by atoms with Crippen LogP contribution in [0.3, 0.4) is 0 Å². The normalized spacial score (nSPS) is 22.2. The molecule has 1 unspecified atom stereocenters. The van der Waals surface area contributed by atoms with Crippen LogP contribution in [0.25, 0.3) is 0 Å². The Morgan fingerprint density at radius 1 is 1.38 bits per heavy atom. The third-order valence-electron chi connectivity index (χ3n) is 3.92. The number of rotatable bonds is 6. The molecule has 1 saturated carbocycles. The highest BCUT2D eigenvalue weighted by Crippen LogP contribution is 2.40. The number of hydrogen-bond acceptors (Lipinski definition) is 3. The van der Waals surface area contributed by atoms with Crippen molar-refractivity contribution in [2.45, 2.75) is 51.2 Å². The first-order valence-electron chi connectivity index (χ1n) is 6.14. The second-order valence-electron chi connectivity index (χ2n) is 4.97. The summed E-state index contributed by atoms with van der Waals surface area (Å²) in [6, 6.07) is 0. The van der Waals surface area contributed by atoms with Crippen LogP contribution in [0.2, 0.25) is 0 Å². The molecule has 1 atom stereocenters. The summed E-state index contributed by atoms with van der Waals surface area (Å²) in [5.41, 5.74) is 5.58. The van der Waals surface area contributed by atoms with Crippen molar-refractivity contribution in [1.29, 1.82) is 0 Å². The molecule has 1 rings (SSSR count). The molecule has 96 valence electrons. The lowest BCUT2D eigenvalue weighted by Gasteiger charge is -2.28. The zero-order chi connectivity index (χ0) is 12.2. The fourth-order valence-electron chi connectivity index (χ4n) is 2.30. The minimum Gasteiger partial charge on any atom is -0.329 e. The van der Waals surface area contributed by atoms with Crippen molar-refractivity contribution in [3.05, 3.63) is 0 Å². The van der Waals surface area contributed by atoms with E-state index in [1.165, 1.54) is 12.8 Å². The molecule has 0 aromatic rings. The summed E-state index contributed by atoms with van der Waals surface area (Å²) < 4.78 is 26.3. The monoisotopic (exact) mass is 248 g/mol. The maximum absolute atomic E-state index is 11.8. The highest BCUT2D eigenvalue weighted by molar-refractivity contribution is 7.90. The van der Waals surface area contributed by atoms with E-state index in [2.05, 4.69) is 11.6 Å². The van der Waals surface area contributed by atoms with Crippen LogP contribution in [-0.2, 0) is 10.0 Å². The van der Waals surface area contributed by atoms with Gasteiger partial charge in [-0.15, -0.1) is 0 Å². The molecule has 0 aliphatic heterocycles. The molecule has 0 spiro atoms. The van der Waals surface area contributed by atoms with Crippen LogP contribution in [0.15, 0.2) is 0 Å². The Morgan fingerprint density at radius 2 is 1.94 bits per heavy atom. The highest BCUT2D eigenvalue weighted by Gasteiger charge is 2.33. The fraction of sp³-hybridized carbons (Fsp3) is 1.00. The predicted octanol–water partition coefficient (Wildman–Crippen LogP) is 1.22. The summed E-state index contributed by atoms with van der Waals surface area (Å²) in [7, 11) is -3.22. The molecule has 5 heteroatoms. The van der Waals surface area contributed by atoms with Gasteiger partial charge in [0.15, 0.2) is 0 Å². The average molecular weight is 248 g/mol. The standard InChI is InChI=1S/C11H24N2O2S/c1-3-11(6-4-5-7-11)9-13-16(14,15)10(2)8-12/h10,13H,3-9,12H2,1-2H3. The molecule has 0 bridgehead atoms. The lowest BCUT2D eigenvalue weighted by atomic mass is 9.84. The number of nitrogens with one attached hydrogen (secondary N) is 1. The van der Waals surface area contributed by atoms with Gasteiger partial charge in [-0.25, -0.2) is 13.1 Å². The quantitative estimate of drug-likeness (QED) is 0.742. The smallest absolute Gasteiger partial charge is 0.215 e.